The molecular formula is C15H32. The molecule has 0 aromatic carbocycles. The van der Waals surface area contributed by atoms with Crippen molar-refractivity contribution >= 4 is 0 Å². The zero-order valence-electron chi connectivity index (χ0n) is 9.26. The van der Waals surface area contributed by atoms with Gasteiger partial charge in [0.05, 0.1) is 0 Å². The summed E-state index contributed by atoms with van der Waals surface area (Å²) in [6, 6.07) is 0. The second-order valence-electron chi connectivity index (χ2n) is 5.59. The van der Waals surface area contributed by atoms with Crippen molar-refractivity contribution in [3.63, 3.8) is 0 Å². The lowest BCUT2D eigenvalue weighted by Gasteiger charge is -2.49. The average molecular weight is 212 g/mol. The van der Waals surface area contributed by atoms with Gasteiger partial charge >= 0.3 is 0 Å². The Kier molecular flexibility index (Phi) is 6.55. The summed E-state index contributed by atoms with van der Waals surface area (Å²) >= 11 is 0. The predicted molar refractivity (Wildman–Crippen MR) is 71.1 cm³/mol. The molecule has 0 heterocycles. The third-order valence-corrected chi connectivity index (χ3v) is 4.00. The molecule has 0 aliphatic heterocycles. The Bertz CT molecular complexity index is 103. The van der Waals surface area contributed by atoms with Gasteiger partial charge in [0.15, 0.2) is 0 Å². The third-order valence-electron chi connectivity index (χ3n) is 4.00. The standard InChI is InChI=1S/C10H16.C3H8.2CH4/c1-7-2-9-4-8(1)5-10(3-7)6-9;1-3-2;;/h7-10H,1-6H2;3H2,1-2H3;2*1H4. The van der Waals surface area contributed by atoms with Crippen LogP contribution in [0.1, 0.15) is 73.6 Å². The van der Waals surface area contributed by atoms with Crippen LogP contribution in [0.3, 0.4) is 0 Å². The topological polar surface area (TPSA) is 0 Å². The molecule has 0 radical (unpaired) electrons. The molecule has 92 valence electrons. The molecule has 0 unspecified atom stereocenters. The Morgan fingerprint density at radius 2 is 0.733 bits per heavy atom. The monoisotopic (exact) mass is 212 g/mol. The molecule has 0 nitrogen and oxygen atoms in total. The minimum atomic E-state index is 0. The summed E-state index contributed by atoms with van der Waals surface area (Å²) in [6.07, 6.45) is 10.9. The van der Waals surface area contributed by atoms with E-state index in [2.05, 4.69) is 13.8 Å². The zero-order chi connectivity index (χ0) is 9.26. The molecule has 4 saturated carbocycles. The van der Waals surface area contributed by atoms with Crippen molar-refractivity contribution in [3.05, 3.63) is 0 Å². The van der Waals surface area contributed by atoms with Gasteiger partial charge in [0.2, 0.25) is 0 Å². The van der Waals surface area contributed by atoms with Gasteiger partial charge in [-0.1, -0.05) is 35.1 Å². The van der Waals surface area contributed by atoms with Gasteiger partial charge in [-0.2, -0.15) is 0 Å². The summed E-state index contributed by atoms with van der Waals surface area (Å²) in [6.45, 7) is 4.25. The van der Waals surface area contributed by atoms with Gasteiger partial charge in [-0.05, 0) is 62.2 Å². The first-order valence-corrected chi connectivity index (χ1v) is 6.31. The SMILES string of the molecule is C.C.C1C2CC3CC1CC(C2)C3.CCC. The van der Waals surface area contributed by atoms with Crippen LogP contribution >= 0.6 is 0 Å². The van der Waals surface area contributed by atoms with Gasteiger partial charge in [0.1, 0.15) is 0 Å². The lowest BCUT2D eigenvalue weighted by Crippen LogP contribution is -2.38. The van der Waals surface area contributed by atoms with Crippen LogP contribution in [-0.2, 0) is 0 Å². The van der Waals surface area contributed by atoms with Crippen molar-refractivity contribution in [1.29, 1.82) is 0 Å². The molecule has 0 amide bonds. The molecule has 0 saturated heterocycles. The van der Waals surface area contributed by atoms with E-state index in [4.69, 9.17) is 0 Å². The van der Waals surface area contributed by atoms with Crippen molar-refractivity contribution in [2.75, 3.05) is 0 Å². The second-order valence-corrected chi connectivity index (χ2v) is 5.59. The summed E-state index contributed by atoms with van der Waals surface area (Å²) < 4.78 is 0. The molecule has 4 aliphatic carbocycles. The van der Waals surface area contributed by atoms with Gasteiger partial charge in [-0.25, -0.2) is 0 Å². The molecule has 0 aromatic heterocycles. The molecular weight excluding hydrogens is 180 g/mol. The van der Waals surface area contributed by atoms with Crippen LogP contribution in [0.25, 0.3) is 0 Å². The highest BCUT2D eigenvalue weighted by molar-refractivity contribution is 4.92. The van der Waals surface area contributed by atoms with E-state index >= 15 is 0 Å². The summed E-state index contributed by atoms with van der Waals surface area (Å²) in [4.78, 5) is 0. The van der Waals surface area contributed by atoms with E-state index in [1.165, 1.54) is 30.1 Å². The van der Waals surface area contributed by atoms with Gasteiger partial charge < -0.3 is 0 Å². The van der Waals surface area contributed by atoms with Crippen LogP contribution in [-0.4, -0.2) is 0 Å². The van der Waals surface area contributed by atoms with Crippen molar-refractivity contribution < 1.29 is 0 Å². The smallest absolute Gasteiger partial charge is 0.0406 e. The van der Waals surface area contributed by atoms with E-state index in [1.807, 2.05) is 0 Å². The average Bonchev–Trinajstić information content (AvgIpc) is 2.01. The van der Waals surface area contributed by atoms with E-state index in [-0.39, 0.29) is 14.9 Å². The predicted octanol–water partition coefficient (Wildman–Crippen LogP) is 5.52. The highest BCUT2D eigenvalue weighted by atomic mass is 14.5. The van der Waals surface area contributed by atoms with E-state index in [0.717, 1.165) is 0 Å². The molecule has 0 atom stereocenters. The maximum Gasteiger partial charge on any atom is -0.0406 e. The van der Waals surface area contributed by atoms with E-state index in [0.29, 0.717) is 0 Å². The Labute approximate surface area is 97.8 Å². The van der Waals surface area contributed by atoms with Gasteiger partial charge in [0.25, 0.3) is 0 Å². The summed E-state index contributed by atoms with van der Waals surface area (Å²) in [7, 11) is 0. The third kappa shape index (κ3) is 3.50. The van der Waals surface area contributed by atoms with Crippen LogP contribution in [0, 0.1) is 23.7 Å². The zero-order valence-corrected chi connectivity index (χ0v) is 9.26. The molecule has 4 fully saturated rings. The Morgan fingerprint density at radius 3 is 0.867 bits per heavy atom. The van der Waals surface area contributed by atoms with Crippen LogP contribution < -0.4 is 0 Å². The molecule has 0 N–H and O–H groups in total. The minimum Gasteiger partial charge on any atom is -0.0776 e. The summed E-state index contributed by atoms with van der Waals surface area (Å²) in [5.41, 5.74) is 0. The van der Waals surface area contributed by atoms with E-state index in [9.17, 15) is 0 Å². The Balaban J connectivity index is 0.000000359. The molecule has 0 spiro atoms. The largest absolute Gasteiger partial charge is 0.0776 e. The first-order valence-electron chi connectivity index (χ1n) is 6.31. The van der Waals surface area contributed by atoms with Crippen LogP contribution in [0.15, 0.2) is 0 Å². The quantitative estimate of drug-likeness (QED) is 0.496. The highest BCUT2D eigenvalue weighted by Crippen LogP contribution is 2.53. The number of rotatable bonds is 0. The maximum atomic E-state index is 2.12. The summed E-state index contributed by atoms with van der Waals surface area (Å²) in [5, 5.41) is 0. The van der Waals surface area contributed by atoms with Gasteiger partial charge in [0, 0.05) is 0 Å². The summed E-state index contributed by atoms with van der Waals surface area (Å²) in [5.74, 6) is 4.71. The van der Waals surface area contributed by atoms with Crippen LogP contribution in [0.4, 0.5) is 0 Å². The second kappa shape index (κ2) is 6.55. The fraction of sp³-hybridized carbons (Fsp3) is 1.00. The fourth-order valence-electron chi connectivity index (χ4n) is 3.98. The van der Waals surface area contributed by atoms with Crippen molar-refractivity contribution in [2.24, 2.45) is 23.7 Å². The molecule has 15 heavy (non-hydrogen) atoms. The van der Waals surface area contributed by atoms with Crippen LogP contribution in [0.2, 0.25) is 0 Å². The normalized spacial score (nSPS) is 39.6. The van der Waals surface area contributed by atoms with Crippen molar-refractivity contribution in [2.45, 2.75) is 73.6 Å². The van der Waals surface area contributed by atoms with Gasteiger partial charge in [-0.15, -0.1) is 0 Å². The maximum absolute atomic E-state index is 2.12. The lowest BCUT2D eigenvalue weighted by atomic mass is 9.56. The molecule has 0 heteroatoms. The number of hydrogen-bond acceptors (Lipinski definition) is 0. The van der Waals surface area contributed by atoms with E-state index < -0.39 is 0 Å². The lowest BCUT2D eigenvalue weighted by molar-refractivity contribution is 0.0198. The highest BCUT2D eigenvalue weighted by Gasteiger charge is 2.41. The molecule has 4 rings (SSSR count). The first-order chi connectivity index (χ1) is 6.31. The minimum absolute atomic E-state index is 0. The molecule has 4 aliphatic rings. The van der Waals surface area contributed by atoms with Gasteiger partial charge in [-0.3, -0.25) is 0 Å². The Hall–Kier alpha value is 0. The fourth-order valence-corrected chi connectivity index (χ4v) is 3.98. The Morgan fingerprint density at radius 1 is 0.600 bits per heavy atom. The van der Waals surface area contributed by atoms with E-state index in [1.54, 1.807) is 38.5 Å². The number of hydrogen-bond donors (Lipinski definition) is 0. The van der Waals surface area contributed by atoms with Crippen molar-refractivity contribution in [3.8, 4) is 0 Å². The molecule has 4 bridgehead atoms. The molecule has 0 aromatic rings. The van der Waals surface area contributed by atoms with Crippen molar-refractivity contribution in [1.82, 2.24) is 0 Å². The first kappa shape index (κ1) is 15.0. The van der Waals surface area contributed by atoms with Crippen LogP contribution in [0.5, 0.6) is 0 Å².